The van der Waals surface area contributed by atoms with Gasteiger partial charge < -0.3 is 20.7 Å². The average molecular weight is 437 g/mol. The summed E-state index contributed by atoms with van der Waals surface area (Å²) in [7, 11) is 0. The maximum absolute atomic E-state index is 14.0. The van der Waals surface area contributed by atoms with Gasteiger partial charge in [-0.1, -0.05) is 0 Å². The lowest BCUT2D eigenvalue weighted by molar-refractivity contribution is -0.135. The number of halogens is 2. The Morgan fingerprint density at radius 2 is 2.22 bits per heavy atom. The van der Waals surface area contributed by atoms with Crippen molar-refractivity contribution in [3.63, 3.8) is 0 Å². The number of pyridine rings is 1. The van der Waals surface area contributed by atoms with Gasteiger partial charge in [0, 0.05) is 47.3 Å². The van der Waals surface area contributed by atoms with Gasteiger partial charge in [0.1, 0.15) is 6.17 Å². The van der Waals surface area contributed by atoms with Crippen molar-refractivity contribution >= 4 is 38.4 Å². The van der Waals surface area contributed by atoms with E-state index < -0.39 is 18.2 Å². The Hall–Kier alpha value is -1.77. The van der Waals surface area contributed by atoms with E-state index in [9.17, 15) is 9.18 Å². The van der Waals surface area contributed by atoms with Crippen molar-refractivity contribution in [2.45, 2.75) is 24.8 Å². The molecule has 2 unspecified atom stereocenters. The number of rotatable bonds is 4. The van der Waals surface area contributed by atoms with Gasteiger partial charge in [0.25, 0.3) is 0 Å². The molecular weight excluding hydrogens is 415 g/mol. The highest BCUT2D eigenvalue weighted by molar-refractivity contribution is 9.10. The first-order valence-corrected chi connectivity index (χ1v) is 9.90. The van der Waals surface area contributed by atoms with Crippen molar-refractivity contribution in [1.29, 1.82) is 0 Å². The molecular formula is C19H22BrFN4O2. The smallest absolute Gasteiger partial charge is 0.248 e. The minimum Gasteiger partial charge on any atom is -0.367 e. The number of nitrogens with zero attached hydrogens (tertiary/aromatic N) is 2. The summed E-state index contributed by atoms with van der Waals surface area (Å²) in [5, 5.41) is 4.06. The number of nitrogens with two attached hydrogens (primary N) is 1. The topological polar surface area (TPSA) is 80.5 Å². The van der Waals surface area contributed by atoms with Gasteiger partial charge in [-0.05, 0) is 46.6 Å². The second-order valence-electron chi connectivity index (χ2n) is 7.19. The van der Waals surface area contributed by atoms with Crippen LogP contribution in [0.5, 0.6) is 0 Å². The Kier molecular flexibility index (Phi) is 5.29. The molecule has 4 atom stereocenters. The van der Waals surface area contributed by atoms with E-state index in [2.05, 4.69) is 31.1 Å². The van der Waals surface area contributed by atoms with E-state index in [4.69, 9.17) is 10.5 Å². The van der Waals surface area contributed by atoms with Crippen LogP contribution in [0.4, 0.5) is 10.1 Å². The first kappa shape index (κ1) is 18.6. The number of nitrogens with one attached hydrogen (secondary N) is 1. The number of primary amides is 1. The molecule has 2 aromatic rings. The van der Waals surface area contributed by atoms with Gasteiger partial charge in [0.2, 0.25) is 5.91 Å². The van der Waals surface area contributed by atoms with Gasteiger partial charge in [-0.3, -0.25) is 9.78 Å². The maximum Gasteiger partial charge on any atom is 0.248 e. The van der Waals surface area contributed by atoms with Gasteiger partial charge in [0.15, 0.2) is 6.10 Å². The number of alkyl halides is 1. The molecule has 0 aliphatic carbocycles. The van der Waals surface area contributed by atoms with Gasteiger partial charge >= 0.3 is 0 Å². The van der Waals surface area contributed by atoms with E-state index in [0.717, 1.165) is 21.1 Å². The van der Waals surface area contributed by atoms with E-state index in [1.54, 1.807) is 6.20 Å². The van der Waals surface area contributed by atoms with Crippen LogP contribution in [0.25, 0.3) is 10.9 Å². The number of aromatic nitrogens is 1. The zero-order valence-corrected chi connectivity index (χ0v) is 16.4. The lowest BCUT2D eigenvalue weighted by Gasteiger charge is -2.39. The van der Waals surface area contributed by atoms with Gasteiger partial charge in [-0.2, -0.15) is 0 Å². The summed E-state index contributed by atoms with van der Waals surface area (Å²) in [6, 6.07) is 7.85. The van der Waals surface area contributed by atoms with E-state index in [0.29, 0.717) is 32.6 Å². The largest absolute Gasteiger partial charge is 0.367 e. The molecule has 0 saturated carbocycles. The number of amides is 1. The number of morpholine rings is 1. The summed E-state index contributed by atoms with van der Waals surface area (Å²) >= 11 is 3.54. The molecule has 2 fully saturated rings. The molecule has 6 nitrogen and oxygen atoms in total. The highest BCUT2D eigenvalue weighted by atomic mass is 79.9. The lowest BCUT2D eigenvalue weighted by atomic mass is 9.97. The summed E-state index contributed by atoms with van der Waals surface area (Å²) in [6.45, 7) is 1.97. The van der Waals surface area contributed by atoms with Crippen LogP contribution in [-0.2, 0) is 9.53 Å². The molecule has 0 spiro atoms. The third-order valence-electron chi connectivity index (χ3n) is 5.35. The normalized spacial score (nSPS) is 28.6. The van der Waals surface area contributed by atoms with Crippen molar-refractivity contribution in [2.75, 3.05) is 31.1 Å². The van der Waals surface area contributed by atoms with Crippen LogP contribution >= 0.6 is 15.9 Å². The Bertz CT molecular complexity index is 852. The summed E-state index contributed by atoms with van der Waals surface area (Å²) < 4.78 is 20.9. The number of benzene rings is 1. The van der Waals surface area contributed by atoms with Crippen molar-refractivity contribution in [2.24, 2.45) is 11.7 Å². The van der Waals surface area contributed by atoms with E-state index >= 15 is 0 Å². The fourth-order valence-electron chi connectivity index (χ4n) is 3.99. The summed E-state index contributed by atoms with van der Waals surface area (Å²) in [6.07, 6.45) is 0.455. The fourth-order valence-corrected chi connectivity index (χ4v) is 4.44. The van der Waals surface area contributed by atoms with Gasteiger partial charge in [0.05, 0.1) is 18.2 Å². The number of carbonyl (C=O) groups is 1. The lowest BCUT2D eigenvalue weighted by Crippen LogP contribution is -2.53. The third-order valence-corrected chi connectivity index (χ3v) is 5.99. The molecule has 1 aromatic carbocycles. The molecule has 2 saturated heterocycles. The molecule has 8 heteroatoms. The zero-order chi connectivity index (χ0) is 19.0. The van der Waals surface area contributed by atoms with Crippen LogP contribution in [0.3, 0.4) is 0 Å². The van der Waals surface area contributed by atoms with Gasteiger partial charge in [-0.15, -0.1) is 0 Å². The van der Waals surface area contributed by atoms with E-state index in [-0.39, 0.29) is 12.0 Å². The maximum atomic E-state index is 14.0. The Morgan fingerprint density at radius 3 is 2.96 bits per heavy atom. The average Bonchev–Trinajstić information content (AvgIpc) is 3.06. The molecule has 0 radical (unpaired) electrons. The highest BCUT2D eigenvalue weighted by Crippen LogP contribution is 2.33. The first-order chi connectivity index (χ1) is 13.0. The molecule has 2 aliphatic rings. The second-order valence-corrected chi connectivity index (χ2v) is 8.04. The molecule has 1 aromatic heterocycles. The van der Waals surface area contributed by atoms with E-state index in [1.807, 2.05) is 24.3 Å². The number of hydrogen-bond acceptors (Lipinski definition) is 5. The SMILES string of the molecule is NC(=O)[C@H]1CN(c2ccc(Br)c3ncccc23)C[C@@H](CC2CNCC2F)O1. The number of hydrogen-bond donors (Lipinski definition) is 2. The predicted molar refractivity (Wildman–Crippen MR) is 105 cm³/mol. The van der Waals surface area contributed by atoms with Crippen LogP contribution in [-0.4, -0.2) is 55.4 Å². The third kappa shape index (κ3) is 3.79. The predicted octanol–water partition coefficient (Wildman–Crippen LogP) is 2.00. The minimum atomic E-state index is -0.881. The fraction of sp³-hybridized carbons (Fsp3) is 0.474. The molecule has 0 bridgehead atoms. The van der Waals surface area contributed by atoms with Crippen molar-refractivity contribution in [3.05, 3.63) is 34.9 Å². The quantitative estimate of drug-likeness (QED) is 0.765. The van der Waals surface area contributed by atoms with Gasteiger partial charge in [-0.25, -0.2) is 4.39 Å². The Labute approximate surface area is 165 Å². The number of fused-ring (bicyclic) bond motifs is 1. The zero-order valence-electron chi connectivity index (χ0n) is 14.8. The summed E-state index contributed by atoms with van der Waals surface area (Å²) in [4.78, 5) is 18.4. The standard InChI is InChI=1S/C19H22BrFN4O2/c20-14-3-4-16(13-2-1-5-24-18(13)14)25-9-12(27-17(10-25)19(22)26)6-11-7-23-8-15(11)21/h1-5,11-12,15,17,23H,6-10H2,(H2,22,26)/t11?,12-,15?,17-/m1/s1. The van der Waals surface area contributed by atoms with Crippen molar-refractivity contribution < 1.29 is 13.9 Å². The molecule has 3 N–H and O–H groups in total. The molecule has 27 heavy (non-hydrogen) atoms. The highest BCUT2D eigenvalue weighted by Gasteiger charge is 2.36. The second kappa shape index (κ2) is 7.69. The van der Waals surface area contributed by atoms with Crippen molar-refractivity contribution in [3.8, 4) is 0 Å². The molecule has 4 rings (SSSR count). The number of anilines is 1. The van der Waals surface area contributed by atoms with Crippen LogP contribution in [0.1, 0.15) is 6.42 Å². The minimum absolute atomic E-state index is 0.105. The number of carbonyl (C=O) groups excluding carboxylic acids is 1. The van der Waals surface area contributed by atoms with Crippen LogP contribution < -0.4 is 16.0 Å². The summed E-state index contributed by atoms with van der Waals surface area (Å²) in [5.74, 6) is -0.600. The summed E-state index contributed by atoms with van der Waals surface area (Å²) in [5.41, 5.74) is 7.38. The van der Waals surface area contributed by atoms with Crippen LogP contribution in [0.2, 0.25) is 0 Å². The Morgan fingerprint density at radius 1 is 1.37 bits per heavy atom. The molecule has 2 aliphatic heterocycles. The Balaban J connectivity index is 1.63. The van der Waals surface area contributed by atoms with E-state index in [1.165, 1.54) is 0 Å². The van der Waals surface area contributed by atoms with Crippen LogP contribution in [0, 0.1) is 5.92 Å². The van der Waals surface area contributed by atoms with Crippen LogP contribution in [0.15, 0.2) is 34.9 Å². The molecule has 1 amide bonds. The molecule has 3 heterocycles. The monoisotopic (exact) mass is 436 g/mol. The first-order valence-electron chi connectivity index (χ1n) is 9.10. The molecule has 144 valence electrons. The number of ether oxygens (including phenoxy) is 1. The van der Waals surface area contributed by atoms with Crippen molar-refractivity contribution in [1.82, 2.24) is 10.3 Å².